The number of carbonyl (C=O) groups excluding carboxylic acids is 2. The predicted octanol–water partition coefficient (Wildman–Crippen LogP) is 6.48. The molecule has 2 aromatic carbocycles. The van der Waals surface area contributed by atoms with E-state index in [-0.39, 0.29) is 35.9 Å². The van der Waals surface area contributed by atoms with Crippen LogP contribution in [0.5, 0.6) is 0 Å². The van der Waals surface area contributed by atoms with Crippen molar-refractivity contribution < 1.29 is 9.59 Å². The molecule has 1 saturated carbocycles. The third-order valence-electron chi connectivity index (χ3n) is 7.02. The summed E-state index contributed by atoms with van der Waals surface area (Å²) < 4.78 is 0. The van der Waals surface area contributed by atoms with Gasteiger partial charge < -0.3 is 9.80 Å². The Balaban J connectivity index is 1.42. The van der Waals surface area contributed by atoms with Gasteiger partial charge in [-0.25, -0.2) is 0 Å². The third-order valence-corrected chi connectivity index (χ3v) is 8.27. The minimum absolute atomic E-state index is 0.000890. The van der Waals surface area contributed by atoms with E-state index in [0.29, 0.717) is 17.1 Å². The molecule has 1 aromatic heterocycles. The second kappa shape index (κ2) is 9.44. The molecule has 1 aliphatic carbocycles. The first-order chi connectivity index (χ1) is 16.7. The predicted molar refractivity (Wildman–Crippen MR) is 142 cm³/mol. The van der Waals surface area contributed by atoms with E-state index in [1.165, 1.54) is 16.0 Å². The number of amides is 2. The molecule has 2 amide bonds. The van der Waals surface area contributed by atoms with Crippen LogP contribution in [0.4, 0.5) is 0 Å². The van der Waals surface area contributed by atoms with Gasteiger partial charge in [-0.15, -0.1) is 11.3 Å². The smallest absolute Gasteiger partial charge is 0.254 e. The zero-order valence-corrected chi connectivity index (χ0v) is 22.0. The molecule has 4 nitrogen and oxygen atoms in total. The maximum atomic E-state index is 13.8. The summed E-state index contributed by atoms with van der Waals surface area (Å²) in [6.45, 7) is 7.38. The highest BCUT2D eigenvalue weighted by Gasteiger charge is 2.38. The van der Waals surface area contributed by atoms with Gasteiger partial charge in [-0.2, -0.15) is 0 Å². The van der Waals surface area contributed by atoms with Crippen LogP contribution in [-0.4, -0.2) is 40.7 Å². The number of benzene rings is 2. The van der Waals surface area contributed by atoms with E-state index >= 15 is 0 Å². The van der Waals surface area contributed by atoms with Crippen LogP contribution < -0.4 is 0 Å². The molecule has 3 aromatic rings. The molecule has 2 heterocycles. The van der Waals surface area contributed by atoms with Gasteiger partial charge in [0.05, 0.1) is 6.04 Å². The highest BCUT2D eigenvalue weighted by molar-refractivity contribution is 7.10. The molecule has 0 N–H and O–H groups in total. The topological polar surface area (TPSA) is 40.6 Å². The number of thiophene rings is 1. The van der Waals surface area contributed by atoms with Gasteiger partial charge in [0, 0.05) is 28.0 Å². The Morgan fingerprint density at radius 1 is 1.03 bits per heavy atom. The molecule has 1 fully saturated rings. The molecule has 2 aliphatic rings. The van der Waals surface area contributed by atoms with Crippen molar-refractivity contribution in [1.82, 2.24) is 9.80 Å². The number of carbonyl (C=O) groups is 2. The van der Waals surface area contributed by atoms with E-state index in [2.05, 4.69) is 56.5 Å². The van der Waals surface area contributed by atoms with Crippen molar-refractivity contribution in [1.29, 1.82) is 0 Å². The summed E-state index contributed by atoms with van der Waals surface area (Å²) in [7, 11) is 0. The van der Waals surface area contributed by atoms with E-state index in [0.717, 1.165) is 24.8 Å². The van der Waals surface area contributed by atoms with Crippen molar-refractivity contribution in [2.75, 3.05) is 13.1 Å². The van der Waals surface area contributed by atoms with Crippen LogP contribution in [0.3, 0.4) is 0 Å². The number of hydrogen-bond donors (Lipinski definition) is 0. The Bertz CT molecular complexity index is 1220. The lowest BCUT2D eigenvalue weighted by molar-refractivity contribution is -0.134. The normalized spacial score (nSPS) is 17.7. The van der Waals surface area contributed by atoms with Gasteiger partial charge in [0.15, 0.2) is 0 Å². The molecule has 6 heteroatoms. The van der Waals surface area contributed by atoms with Crippen LogP contribution in [0.2, 0.25) is 5.02 Å². The summed E-state index contributed by atoms with van der Waals surface area (Å²) in [6.07, 6.45) is 2.74. The van der Waals surface area contributed by atoms with Gasteiger partial charge in [-0.1, -0.05) is 56.6 Å². The Hall–Kier alpha value is -2.63. The summed E-state index contributed by atoms with van der Waals surface area (Å²) in [4.78, 5) is 32.2. The van der Waals surface area contributed by atoms with Crippen molar-refractivity contribution in [2.45, 2.75) is 57.5 Å². The molecular formula is C29H31ClN2O2S. The van der Waals surface area contributed by atoms with Crippen LogP contribution in [0.15, 0.2) is 60.0 Å². The molecule has 1 unspecified atom stereocenters. The molecule has 0 saturated heterocycles. The first-order valence-corrected chi connectivity index (χ1v) is 13.5. The fourth-order valence-electron chi connectivity index (χ4n) is 4.86. The molecular weight excluding hydrogens is 476 g/mol. The Morgan fingerprint density at radius 3 is 2.34 bits per heavy atom. The van der Waals surface area contributed by atoms with Crippen LogP contribution in [0, 0.1) is 0 Å². The summed E-state index contributed by atoms with van der Waals surface area (Å²) in [5, 5.41) is 2.71. The molecule has 0 radical (unpaired) electrons. The summed E-state index contributed by atoms with van der Waals surface area (Å²) in [5.41, 5.74) is 4.24. The van der Waals surface area contributed by atoms with Crippen molar-refractivity contribution >= 4 is 34.8 Å². The minimum atomic E-state index is -0.127. The van der Waals surface area contributed by atoms with E-state index in [9.17, 15) is 9.59 Å². The van der Waals surface area contributed by atoms with Crippen molar-refractivity contribution in [3.8, 4) is 0 Å². The number of fused-ring (bicyclic) bond motifs is 1. The zero-order valence-electron chi connectivity index (χ0n) is 20.5. The Morgan fingerprint density at radius 2 is 1.71 bits per heavy atom. The first-order valence-electron chi connectivity index (χ1n) is 12.2. The number of nitrogens with zero attached hydrogens (tertiary/aromatic N) is 2. The maximum absolute atomic E-state index is 13.8. The second-order valence-corrected chi connectivity index (χ2v) is 12.0. The SMILES string of the molecule is CC(C)(C)c1ccc(C2c3ccsc3CCN2C(=O)CN(C(=O)c2ccc(Cl)cc2)C2CC2)cc1. The Kier molecular flexibility index (Phi) is 6.49. The molecule has 1 atom stereocenters. The summed E-state index contributed by atoms with van der Waals surface area (Å²) >= 11 is 7.78. The van der Waals surface area contributed by atoms with E-state index in [1.807, 2.05) is 4.90 Å². The van der Waals surface area contributed by atoms with E-state index < -0.39 is 0 Å². The van der Waals surface area contributed by atoms with Crippen molar-refractivity contribution in [3.63, 3.8) is 0 Å². The summed E-state index contributed by atoms with van der Waals surface area (Å²) in [6, 6.07) is 17.8. The molecule has 5 rings (SSSR count). The minimum Gasteiger partial charge on any atom is -0.330 e. The highest BCUT2D eigenvalue weighted by Crippen LogP contribution is 2.39. The second-order valence-electron chi connectivity index (χ2n) is 10.6. The molecule has 182 valence electrons. The van der Waals surface area contributed by atoms with Crippen LogP contribution in [-0.2, 0) is 16.6 Å². The molecule has 0 bridgehead atoms. The fourth-order valence-corrected chi connectivity index (χ4v) is 5.89. The molecule has 1 aliphatic heterocycles. The monoisotopic (exact) mass is 506 g/mol. The van der Waals surface area contributed by atoms with Gasteiger partial charge in [-0.3, -0.25) is 9.59 Å². The lowest BCUT2D eigenvalue weighted by Gasteiger charge is -2.38. The van der Waals surface area contributed by atoms with Gasteiger partial charge in [0.2, 0.25) is 5.91 Å². The van der Waals surface area contributed by atoms with Crippen molar-refractivity contribution in [3.05, 3.63) is 92.1 Å². The number of rotatable bonds is 5. The fraction of sp³-hybridized carbons (Fsp3) is 0.379. The van der Waals surface area contributed by atoms with Gasteiger partial charge >= 0.3 is 0 Å². The molecule has 35 heavy (non-hydrogen) atoms. The van der Waals surface area contributed by atoms with Crippen LogP contribution in [0.1, 0.15) is 71.6 Å². The van der Waals surface area contributed by atoms with Crippen LogP contribution >= 0.6 is 22.9 Å². The average Bonchev–Trinajstić information content (AvgIpc) is 3.57. The quantitative estimate of drug-likeness (QED) is 0.397. The number of hydrogen-bond acceptors (Lipinski definition) is 3. The van der Waals surface area contributed by atoms with Crippen LogP contribution in [0.25, 0.3) is 0 Å². The molecule has 0 spiro atoms. The highest BCUT2D eigenvalue weighted by atomic mass is 35.5. The largest absolute Gasteiger partial charge is 0.330 e. The van der Waals surface area contributed by atoms with Gasteiger partial charge in [0.1, 0.15) is 6.54 Å². The summed E-state index contributed by atoms with van der Waals surface area (Å²) in [5.74, 6) is -0.0993. The van der Waals surface area contributed by atoms with E-state index in [4.69, 9.17) is 11.6 Å². The van der Waals surface area contributed by atoms with Gasteiger partial charge in [0.25, 0.3) is 5.91 Å². The maximum Gasteiger partial charge on any atom is 0.254 e. The standard InChI is InChI=1S/C29H31ClN2O2S/c1-29(2,3)21-8-4-19(5-9-21)27-24-15-17-35-25(24)14-16-31(27)26(33)18-32(23-12-13-23)28(34)20-6-10-22(30)11-7-20/h4-11,15,17,23,27H,12-14,16,18H2,1-3H3. The van der Waals surface area contributed by atoms with Gasteiger partial charge in [-0.05, 0) is 77.1 Å². The first kappa shape index (κ1) is 24.1. The van der Waals surface area contributed by atoms with Crippen molar-refractivity contribution in [2.24, 2.45) is 0 Å². The average molecular weight is 507 g/mol. The lowest BCUT2D eigenvalue weighted by atomic mass is 9.85. The lowest BCUT2D eigenvalue weighted by Crippen LogP contribution is -2.47. The number of halogens is 1. The zero-order chi connectivity index (χ0) is 24.7. The Labute approximate surface area is 216 Å². The van der Waals surface area contributed by atoms with E-state index in [1.54, 1.807) is 40.5 Å². The third kappa shape index (κ3) is 5.03.